The van der Waals surface area contributed by atoms with Gasteiger partial charge >= 0.3 is 0 Å². The van der Waals surface area contributed by atoms with Gasteiger partial charge in [-0.05, 0) is 26.3 Å². The normalized spacial score (nSPS) is 29.3. The molecule has 82 valence electrons. The van der Waals surface area contributed by atoms with E-state index in [1.54, 1.807) is 0 Å². The molecule has 1 unspecified atom stereocenters. The Kier molecular flexibility index (Phi) is 2.57. The highest BCUT2D eigenvalue weighted by molar-refractivity contribution is 5.17. The highest BCUT2D eigenvalue weighted by Crippen LogP contribution is 2.25. The van der Waals surface area contributed by atoms with Crippen LogP contribution in [0.15, 0.2) is 30.3 Å². The van der Waals surface area contributed by atoms with Gasteiger partial charge in [0.1, 0.15) is 5.72 Å². The number of hydrogen-bond acceptors (Lipinski definition) is 2. The summed E-state index contributed by atoms with van der Waals surface area (Å²) >= 11 is 0. The zero-order chi connectivity index (χ0) is 10.9. The molecule has 0 aliphatic carbocycles. The second-order valence-corrected chi connectivity index (χ2v) is 5.19. The van der Waals surface area contributed by atoms with Crippen molar-refractivity contribution in [2.75, 3.05) is 6.61 Å². The standard InChI is InChI=1S/C13H19NO/c1-12(2)10-15-13(3,14-12)9-11-7-5-4-6-8-11/h4-8,14H,9-10H2,1-3H3. The molecule has 0 spiro atoms. The van der Waals surface area contributed by atoms with Crippen molar-refractivity contribution in [3.63, 3.8) is 0 Å². The Bertz CT molecular complexity index is 334. The van der Waals surface area contributed by atoms with Crippen molar-refractivity contribution in [2.45, 2.75) is 38.5 Å². The summed E-state index contributed by atoms with van der Waals surface area (Å²) in [5.41, 5.74) is 1.18. The maximum absolute atomic E-state index is 5.85. The van der Waals surface area contributed by atoms with E-state index in [-0.39, 0.29) is 11.3 Å². The molecule has 2 nitrogen and oxygen atoms in total. The summed E-state index contributed by atoms with van der Waals surface area (Å²) < 4.78 is 5.85. The van der Waals surface area contributed by atoms with Crippen LogP contribution in [0, 0.1) is 0 Å². The molecule has 1 aliphatic rings. The first kappa shape index (κ1) is 10.7. The van der Waals surface area contributed by atoms with Crippen LogP contribution in [0.2, 0.25) is 0 Å². The van der Waals surface area contributed by atoms with E-state index in [9.17, 15) is 0 Å². The predicted octanol–water partition coefficient (Wildman–Crippen LogP) is 2.34. The summed E-state index contributed by atoms with van der Waals surface area (Å²) in [6, 6.07) is 10.5. The van der Waals surface area contributed by atoms with E-state index in [4.69, 9.17) is 4.74 Å². The number of hydrogen-bond donors (Lipinski definition) is 1. The summed E-state index contributed by atoms with van der Waals surface area (Å²) in [5.74, 6) is 0. The predicted molar refractivity (Wildman–Crippen MR) is 61.7 cm³/mol. The van der Waals surface area contributed by atoms with Crippen molar-refractivity contribution in [3.8, 4) is 0 Å². The summed E-state index contributed by atoms with van der Waals surface area (Å²) in [7, 11) is 0. The fourth-order valence-electron chi connectivity index (χ4n) is 2.21. The van der Waals surface area contributed by atoms with Gasteiger partial charge in [0.25, 0.3) is 0 Å². The van der Waals surface area contributed by atoms with Crippen molar-refractivity contribution < 1.29 is 4.74 Å². The first-order valence-corrected chi connectivity index (χ1v) is 5.46. The van der Waals surface area contributed by atoms with E-state index in [1.807, 2.05) is 6.07 Å². The number of nitrogens with one attached hydrogen (secondary N) is 1. The van der Waals surface area contributed by atoms with E-state index in [0.29, 0.717) is 0 Å². The smallest absolute Gasteiger partial charge is 0.121 e. The lowest BCUT2D eigenvalue weighted by molar-refractivity contribution is 0.00670. The minimum Gasteiger partial charge on any atom is -0.359 e. The second kappa shape index (κ2) is 3.62. The van der Waals surface area contributed by atoms with Crippen LogP contribution in [-0.2, 0) is 11.2 Å². The second-order valence-electron chi connectivity index (χ2n) is 5.19. The molecule has 1 aliphatic heterocycles. The van der Waals surface area contributed by atoms with Crippen LogP contribution in [0.1, 0.15) is 26.3 Å². The minimum absolute atomic E-state index is 0.0868. The zero-order valence-electron chi connectivity index (χ0n) is 9.71. The minimum atomic E-state index is -0.217. The number of ether oxygens (including phenoxy) is 1. The Balaban J connectivity index is 2.07. The average molecular weight is 205 g/mol. The molecule has 0 aromatic heterocycles. The molecular weight excluding hydrogens is 186 g/mol. The van der Waals surface area contributed by atoms with Gasteiger partial charge in [0, 0.05) is 12.0 Å². The maximum atomic E-state index is 5.85. The lowest BCUT2D eigenvalue weighted by atomic mass is 10.0. The van der Waals surface area contributed by atoms with Crippen LogP contribution in [0.4, 0.5) is 0 Å². The highest BCUT2D eigenvalue weighted by atomic mass is 16.5. The van der Waals surface area contributed by atoms with E-state index in [0.717, 1.165) is 13.0 Å². The lowest BCUT2D eigenvalue weighted by Gasteiger charge is -2.26. The summed E-state index contributed by atoms with van der Waals surface area (Å²) in [6.45, 7) is 7.23. The van der Waals surface area contributed by atoms with Crippen LogP contribution in [-0.4, -0.2) is 17.9 Å². The van der Waals surface area contributed by atoms with Crippen molar-refractivity contribution in [1.82, 2.24) is 5.32 Å². The van der Waals surface area contributed by atoms with E-state index in [1.165, 1.54) is 5.56 Å². The van der Waals surface area contributed by atoms with Gasteiger partial charge in [-0.25, -0.2) is 0 Å². The Morgan fingerprint density at radius 3 is 2.40 bits per heavy atom. The third-order valence-corrected chi connectivity index (χ3v) is 2.74. The third-order valence-electron chi connectivity index (χ3n) is 2.74. The van der Waals surface area contributed by atoms with Gasteiger partial charge < -0.3 is 4.74 Å². The number of rotatable bonds is 2. The summed E-state index contributed by atoms with van der Waals surface area (Å²) in [4.78, 5) is 0. The van der Waals surface area contributed by atoms with Crippen molar-refractivity contribution in [3.05, 3.63) is 35.9 Å². The van der Waals surface area contributed by atoms with Gasteiger partial charge in [0.2, 0.25) is 0 Å². The average Bonchev–Trinajstić information content (AvgIpc) is 2.42. The van der Waals surface area contributed by atoms with Gasteiger partial charge in [-0.15, -0.1) is 0 Å². The molecule has 1 N–H and O–H groups in total. The van der Waals surface area contributed by atoms with Crippen LogP contribution < -0.4 is 5.32 Å². The van der Waals surface area contributed by atoms with E-state index < -0.39 is 0 Å². The molecule has 15 heavy (non-hydrogen) atoms. The molecule has 1 saturated heterocycles. The van der Waals surface area contributed by atoms with Crippen LogP contribution >= 0.6 is 0 Å². The van der Waals surface area contributed by atoms with Crippen LogP contribution in [0.3, 0.4) is 0 Å². The van der Waals surface area contributed by atoms with Gasteiger partial charge in [0.15, 0.2) is 0 Å². The molecule has 0 saturated carbocycles. The Morgan fingerprint density at radius 1 is 1.20 bits per heavy atom. The van der Waals surface area contributed by atoms with Crippen molar-refractivity contribution >= 4 is 0 Å². The van der Waals surface area contributed by atoms with E-state index in [2.05, 4.69) is 50.4 Å². The quantitative estimate of drug-likeness (QED) is 0.800. The first-order chi connectivity index (χ1) is 6.99. The SMILES string of the molecule is CC1(C)COC(C)(Cc2ccccc2)N1. The molecule has 0 amide bonds. The Hall–Kier alpha value is -0.860. The maximum Gasteiger partial charge on any atom is 0.121 e. The molecule has 2 heteroatoms. The molecule has 2 rings (SSSR count). The zero-order valence-corrected chi connectivity index (χ0v) is 9.71. The monoisotopic (exact) mass is 205 g/mol. The van der Waals surface area contributed by atoms with Gasteiger partial charge in [0.05, 0.1) is 6.61 Å². The highest BCUT2D eigenvalue weighted by Gasteiger charge is 2.39. The molecule has 1 heterocycles. The van der Waals surface area contributed by atoms with Crippen LogP contribution in [0.25, 0.3) is 0 Å². The molecule has 1 atom stereocenters. The third kappa shape index (κ3) is 2.58. The summed E-state index contributed by atoms with van der Waals surface area (Å²) in [5, 5.41) is 3.53. The molecule has 1 fully saturated rings. The van der Waals surface area contributed by atoms with Gasteiger partial charge in [-0.1, -0.05) is 30.3 Å². The molecule has 0 radical (unpaired) electrons. The van der Waals surface area contributed by atoms with Crippen molar-refractivity contribution in [2.24, 2.45) is 0 Å². The van der Waals surface area contributed by atoms with Gasteiger partial charge in [-0.2, -0.15) is 0 Å². The lowest BCUT2D eigenvalue weighted by Crippen LogP contribution is -2.47. The topological polar surface area (TPSA) is 21.3 Å². The first-order valence-electron chi connectivity index (χ1n) is 5.46. The molecule has 0 bridgehead atoms. The van der Waals surface area contributed by atoms with Gasteiger partial charge in [-0.3, -0.25) is 5.32 Å². The van der Waals surface area contributed by atoms with E-state index >= 15 is 0 Å². The summed E-state index contributed by atoms with van der Waals surface area (Å²) in [6.07, 6.45) is 0.914. The van der Waals surface area contributed by atoms with Crippen LogP contribution in [0.5, 0.6) is 0 Å². The molecule has 1 aromatic carbocycles. The fourth-order valence-corrected chi connectivity index (χ4v) is 2.21. The Labute approximate surface area is 91.6 Å². The largest absolute Gasteiger partial charge is 0.359 e. The van der Waals surface area contributed by atoms with Crippen molar-refractivity contribution in [1.29, 1.82) is 0 Å². The molecule has 1 aromatic rings. The Morgan fingerprint density at radius 2 is 1.87 bits per heavy atom. The molecular formula is C13H19NO. The number of benzene rings is 1. The fraction of sp³-hybridized carbons (Fsp3) is 0.538.